The van der Waals surface area contributed by atoms with Gasteiger partial charge in [0.25, 0.3) is 0 Å². The molecule has 1 aromatic rings. The highest BCUT2D eigenvalue weighted by atomic mass is 35.5. The fourth-order valence-electron chi connectivity index (χ4n) is 3.08. The summed E-state index contributed by atoms with van der Waals surface area (Å²) in [5.41, 5.74) is 0. The Hall–Kier alpha value is -0.890. The van der Waals surface area contributed by atoms with Gasteiger partial charge in [-0.05, 0) is 33.2 Å². The first-order valence-corrected chi connectivity index (χ1v) is 7.71. The van der Waals surface area contributed by atoms with E-state index in [0.29, 0.717) is 11.7 Å². The molecule has 132 valence electrons. The molecule has 9 heteroatoms. The van der Waals surface area contributed by atoms with E-state index in [1.165, 1.54) is 0 Å². The molecule has 23 heavy (non-hydrogen) atoms. The van der Waals surface area contributed by atoms with Crippen LogP contribution < -0.4 is 5.32 Å². The summed E-state index contributed by atoms with van der Waals surface area (Å²) < 4.78 is 5.24. The van der Waals surface area contributed by atoms with Gasteiger partial charge in [0.15, 0.2) is 5.82 Å². The number of hydrogen-bond acceptors (Lipinski definition) is 6. The van der Waals surface area contributed by atoms with Gasteiger partial charge in [0, 0.05) is 26.2 Å². The van der Waals surface area contributed by atoms with E-state index in [9.17, 15) is 4.79 Å². The van der Waals surface area contributed by atoms with E-state index in [-0.39, 0.29) is 42.8 Å². The van der Waals surface area contributed by atoms with Gasteiger partial charge in [-0.1, -0.05) is 5.16 Å². The standard InChI is InChI=1S/C14H23N5O2.2ClH/c1-10(13-16-11(2)17-21-13)18-6-8-19(9-7-18)14(20)12-4-3-5-15-12;;/h10,12,15H,3-9H2,1-2H3;2*1H/t10?,12-;;/m0../s1. The number of carbonyl (C=O) groups is 1. The fraction of sp³-hybridized carbons (Fsp3) is 0.786. The summed E-state index contributed by atoms with van der Waals surface area (Å²) in [4.78, 5) is 20.9. The number of piperazine rings is 1. The van der Waals surface area contributed by atoms with Gasteiger partial charge in [-0.15, -0.1) is 24.8 Å². The smallest absolute Gasteiger partial charge is 0.243 e. The maximum Gasteiger partial charge on any atom is 0.243 e. The second-order valence-corrected chi connectivity index (χ2v) is 5.87. The summed E-state index contributed by atoms with van der Waals surface area (Å²) in [5, 5.41) is 7.12. The normalized spacial score (nSPS) is 23.0. The van der Waals surface area contributed by atoms with Gasteiger partial charge >= 0.3 is 0 Å². The van der Waals surface area contributed by atoms with Crippen molar-refractivity contribution >= 4 is 30.7 Å². The van der Waals surface area contributed by atoms with Gasteiger partial charge in [0.1, 0.15) is 0 Å². The van der Waals surface area contributed by atoms with Crippen molar-refractivity contribution in [1.29, 1.82) is 0 Å². The second-order valence-electron chi connectivity index (χ2n) is 5.87. The first kappa shape index (κ1) is 20.2. The predicted octanol–water partition coefficient (Wildman–Crippen LogP) is 1.18. The number of halogens is 2. The lowest BCUT2D eigenvalue weighted by Gasteiger charge is -2.37. The van der Waals surface area contributed by atoms with Crippen LogP contribution in [0.5, 0.6) is 0 Å². The van der Waals surface area contributed by atoms with Crippen LogP contribution in [0.3, 0.4) is 0 Å². The average Bonchev–Trinajstić information content (AvgIpc) is 3.17. The zero-order valence-electron chi connectivity index (χ0n) is 13.5. The quantitative estimate of drug-likeness (QED) is 0.866. The summed E-state index contributed by atoms with van der Waals surface area (Å²) in [6, 6.07) is 0.139. The van der Waals surface area contributed by atoms with Crippen molar-refractivity contribution in [2.24, 2.45) is 0 Å². The number of carbonyl (C=O) groups excluding carboxylic acids is 1. The van der Waals surface area contributed by atoms with Crippen LogP contribution in [0.2, 0.25) is 0 Å². The lowest BCUT2D eigenvalue weighted by molar-refractivity contribution is -0.135. The van der Waals surface area contributed by atoms with E-state index in [1.54, 1.807) is 0 Å². The Kier molecular flexibility index (Phi) is 7.73. The molecule has 3 heterocycles. The number of aryl methyl sites for hydroxylation is 1. The van der Waals surface area contributed by atoms with Crippen molar-refractivity contribution in [3.8, 4) is 0 Å². The molecule has 0 radical (unpaired) electrons. The zero-order chi connectivity index (χ0) is 14.8. The molecule has 2 atom stereocenters. The Labute approximate surface area is 149 Å². The third-order valence-corrected chi connectivity index (χ3v) is 4.43. The Morgan fingerprint density at radius 1 is 1.30 bits per heavy atom. The molecule has 3 rings (SSSR count). The monoisotopic (exact) mass is 365 g/mol. The van der Waals surface area contributed by atoms with Gasteiger partial charge in [-0.3, -0.25) is 9.69 Å². The highest BCUT2D eigenvalue weighted by Gasteiger charge is 2.31. The SMILES string of the molecule is Cc1noc(C(C)N2CCN(C(=O)[C@@H]3CCCN3)CC2)n1.Cl.Cl. The number of nitrogens with one attached hydrogen (secondary N) is 1. The van der Waals surface area contributed by atoms with Gasteiger partial charge in [-0.25, -0.2) is 0 Å². The van der Waals surface area contributed by atoms with Crippen molar-refractivity contribution in [3.63, 3.8) is 0 Å². The topological polar surface area (TPSA) is 74.5 Å². The van der Waals surface area contributed by atoms with E-state index >= 15 is 0 Å². The molecule has 1 amide bonds. The maximum absolute atomic E-state index is 12.4. The molecule has 1 N–H and O–H groups in total. The van der Waals surface area contributed by atoms with E-state index < -0.39 is 0 Å². The minimum atomic E-state index is 0. The van der Waals surface area contributed by atoms with Crippen LogP contribution in [-0.4, -0.2) is 64.6 Å². The number of hydrogen-bond donors (Lipinski definition) is 1. The van der Waals surface area contributed by atoms with Crippen molar-refractivity contribution in [2.45, 2.75) is 38.8 Å². The highest BCUT2D eigenvalue weighted by Crippen LogP contribution is 2.20. The molecule has 0 aromatic carbocycles. The summed E-state index contributed by atoms with van der Waals surface area (Å²) in [5.74, 6) is 1.58. The molecule has 2 saturated heterocycles. The minimum Gasteiger partial charge on any atom is -0.339 e. The van der Waals surface area contributed by atoms with E-state index in [2.05, 4.69) is 27.3 Å². The Balaban J connectivity index is 0.00000132. The van der Waals surface area contributed by atoms with Crippen molar-refractivity contribution in [2.75, 3.05) is 32.7 Å². The first-order valence-electron chi connectivity index (χ1n) is 7.71. The van der Waals surface area contributed by atoms with Crippen molar-refractivity contribution in [3.05, 3.63) is 11.7 Å². The molecular formula is C14H25Cl2N5O2. The molecule has 0 aliphatic carbocycles. The number of nitrogens with zero attached hydrogens (tertiary/aromatic N) is 4. The van der Waals surface area contributed by atoms with Gasteiger partial charge in [-0.2, -0.15) is 4.98 Å². The van der Waals surface area contributed by atoms with E-state index in [4.69, 9.17) is 4.52 Å². The van der Waals surface area contributed by atoms with E-state index in [1.807, 2.05) is 11.8 Å². The predicted molar refractivity (Wildman–Crippen MR) is 91.1 cm³/mol. The molecule has 0 bridgehead atoms. The lowest BCUT2D eigenvalue weighted by atomic mass is 10.1. The van der Waals surface area contributed by atoms with Crippen LogP contribution in [0.25, 0.3) is 0 Å². The van der Waals surface area contributed by atoms with Crippen LogP contribution in [0.15, 0.2) is 4.52 Å². The molecule has 2 aliphatic rings. The average molecular weight is 366 g/mol. The number of amides is 1. The van der Waals surface area contributed by atoms with Crippen LogP contribution in [0.4, 0.5) is 0 Å². The Morgan fingerprint density at radius 3 is 2.52 bits per heavy atom. The third kappa shape index (κ3) is 4.56. The lowest BCUT2D eigenvalue weighted by Crippen LogP contribution is -2.53. The van der Waals surface area contributed by atoms with Crippen LogP contribution >= 0.6 is 24.8 Å². The summed E-state index contributed by atoms with van der Waals surface area (Å²) in [6.07, 6.45) is 2.07. The van der Waals surface area contributed by atoms with Gasteiger partial charge in [0.05, 0.1) is 12.1 Å². The van der Waals surface area contributed by atoms with Gasteiger partial charge < -0.3 is 14.7 Å². The summed E-state index contributed by atoms with van der Waals surface area (Å²) >= 11 is 0. The maximum atomic E-state index is 12.4. The molecule has 7 nitrogen and oxygen atoms in total. The van der Waals surface area contributed by atoms with Crippen molar-refractivity contribution in [1.82, 2.24) is 25.3 Å². The van der Waals surface area contributed by atoms with Crippen LogP contribution in [-0.2, 0) is 4.79 Å². The molecule has 1 unspecified atom stereocenters. The summed E-state index contributed by atoms with van der Waals surface area (Å²) in [6.45, 7) is 8.10. The molecule has 0 saturated carbocycles. The fourth-order valence-corrected chi connectivity index (χ4v) is 3.08. The Bertz CT molecular complexity index is 499. The molecular weight excluding hydrogens is 341 g/mol. The minimum absolute atomic E-state index is 0. The van der Waals surface area contributed by atoms with Crippen LogP contribution in [0, 0.1) is 6.92 Å². The third-order valence-electron chi connectivity index (χ3n) is 4.43. The largest absolute Gasteiger partial charge is 0.339 e. The Morgan fingerprint density at radius 2 is 2.00 bits per heavy atom. The molecule has 2 fully saturated rings. The van der Waals surface area contributed by atoms with Crippen molar-refractivity contribution < 1.29 is 9.32 Å². The molecule has 1 aromatic heterocycles. The van der Waals surface area contributed by atoms with Gasteiger partial charge in [0.2, 0.25) is 11.8 Å². The number of rotatable bonds is 3. The zero-order valence-corrected chi connectivity index (χ0v) is 15.2. The highest BCUT2D eigenvalue weighted by molar-refractivity contribution is 5.85. The summed E-state index contributed by atoms with van der Waals surface area (Å²) in [7, 11) is 0. The van der Waals surface area contributed by atoms with E-state index in [0.717, 1.165) is 45.6 Å². The number of aromatic nitrogens is 2. The second kappa shape index (κ2) is 8.82. The first-order chi connectivity index (χ1) is 10.1. The molecule has 2 aliphatic heterocycles. The molecule has 0 spiro atoms. The van der Waals surface area contributed by atoms with Crippen LogP contribution in [0.1, 0.15) is 37.5 Å².